The minimum absolute atomic E-state index is 0.295. The van der Waals surface area contributed by atoms with Crippen molar-refractivity contribution in [2.24, 2.45) is 0 Å². The zero-order valence-electron chi connectivity index (χ0n) is 12.0. The van der Waals surface area contributed by atoms with E-state index in [9.17, 15) is 4.79 Å². The molecule has 0 aliphatic heterocycles. The van der Waals surface area contributed by atoms with E-state index in [0.29, 0.717) is 5.13 Å². The molecule has 0 fully saturated rings. The number of amides is 2. The van der Waals surface area contributed by atoms with Crippen molar-refractivity contribution in [3.8, 4) is 11.3 Å². The third kappa shape index (κ3) is 3.51. The van der Waals surface area contributed by atoms with Crippen LogP contribution < -0.4 is 10.6 Å². The van der Waals surface area contributed by atoms with E-state index in [4.69, 9.17) is 0 Å². The Morgan fingerprint density at radius 3 is 2.45 bits per heavy atom. The molecule has 2 N–H and O–H groups in total. The summed E-state index contributed by atoms with van der Waals surface area (Å²) in [4.78, 5) is 16.4. The predicted octanol–water partition coefficient (Wildman–Crippen LogP) is 4.76. The predicted molar refractivity (Wildman–Crippen MR) is 91.4 cm³/mol. The first-order valence-electron chi connectivity index (χ1n) is 6.86. The number of nitrogens with one attached hydrogen (secondary N) is 2. The van der Waals surface area contributed by atoms with Crippen molar-refractivity contribution in [1.29, 1.82) is 0 Å². The molecule has 5 heteroatoms. The monoisotopic (exact) mass is 309 g/mol. The standard InChI is InChI=1S/C17H15N3OS/c1-12-7-9-13(10-8-12)15-11-22-17(19-15)20-16(21)18-14-5-3-2-4-6-14/h2-11H,1H3,(H2,18,19,20,21). The first-order chi connectivity index (χ1) is 10.7. The van der Waals surface area contributed by atoms with Gasteiger partial charge in [0.15, 0.2) is 5.13 Å². The minimum Gasteiger partial charge on any atom is -0.308 e. The van der Waals surface area contributed by atoms with Gasteiger partial charge in [-0.2, -0.15) is 0 Å². The average Bonchev–Trinajstić information content (AvgIpc) is 2.97. The van der Waals surface area contributed by atoms with Crippen LogP contribution in [0.4, 0.5) is 15.6 Å². The second-order valence-electron chi connectivity index (χ2n) is 4.85. The first-order valence-corrected chi connectivity index (χ1v) is 7.74. The molecular weight excluding hydrogens is 294 g/mol. The van der Waals surface area contributed by atoms with Crippen LogP contribution in [0, 0.1) is 6.92 Å². The van der Waals surface area contributed by atoms with Gasteiger partial charge in [0.05, 0.1) is 5.69 Å². The Bertz CT molecular complexity index is 766. The Hall–Kier alpha value is -2.66. The van der Waals surface area contributed by atoms with Crippen LogP contribution in [-0.2, 0) is 0 Å². The summed E-state index contributed by atoms with van der Waals surface area (Å²) < 4.78 is 0. The Morgan fingerprint density at radius 2 is 1.73 bits per heavy atom. The highest BCUT2D eigenvalue weighted by molar-refractivity contribution is 7.14. The lowest BCUT2D eigenvalue weighted by molar-refractivity contribution is 0.262. The second-order valence-corrected chi connectivity index (χ2v) is 5.71. The Labute approximate surface area is 132 Å². The van der Waals surface area contributed by atoms with Gasteiger partial charge in [-0.15, -0.1) is 11.3 Å². The van der Waals surface area contributed by atoms with Crippen molar-refractivity contribution in [1.82, 2.24) is 4.98 Å². The molecule has 3 rings (SSSR count). The number of aryl methyl sites for hydroxylation is 1. The minimum atomic E-state index is -0.295. The van der Waals surface area contributed by atoms with Gasteiger partial charge in [0.2, 0.25) is 0 Å². The number of nitrogens with zero attached hydrogens (tertiary/aromatic N) is 1. The summed E-state index contributed by atoms with van der Waals surface area (Å²) in [6.45, 7) is 2.05. The van der Waals surface area contributed by atoms with Crippen LogP contribution in [0.3, 0.4) is 0 Å². The molecule has 1 heterocycles. The normalized spacial score (nSPS) is 10.2. The third-order valence-corrected chi connectivity index (χ3v) is 3.86. The molecule has 0 saturated heterocycles. The van der Waals surface area contributed by atoms with E-state index in [0.717, 1.165) is 16.9 Å². The van der Waals surface area contributed by atoms with Crippen LogP contribution in [0.5, 0.6) is 0 Å². The van der Waals surface area contributed by atoms with Crippen LogP contribution in [-0.4, -0.2) is 11.0 Å². The largest absolute Gasteiger partial charge is 0.325 e. The van der Waals surface area contributed by atoms with Gasteiger partial charge >= 0.3 is 6.03 Å². The summed E-state index contributed by atoms with van der Waals surface area (Å²) in [5, 5.41) is 8.02. The van der Waals surface area contributed by atoms with Gasteiger partial charge in [-0.05, 0) is 19.1 Å². The SMILES string of the molecule is Cc1ccc(-c2csc(NC(=O)Nc3ccccc3)n2)cc1. The van der Waals surface area contributed by atoms with E-state index in [1.54, 1.807) is 0 Å². The Kier molecular flexibility index (Phi) is 4.16. The van der Waals surface area contributed by atoms with Crippen LogP contribution in [0.1, 0.15) is 5.56 Å². The summed E-state index contributed by atoms with van der Waals surface area (Å²) in [5.41, 5.74) is 3.85. The van der Waals surface area contributed by atoms with Crippen molar-refractivity contribution in [2.75, 3.05) is 10.6 Å². The van der Waals surface area contributed by atoms with Gasteiger partial charge in [0.25, 0.3) is 0 Å². The maximum atomic E-state index is 11.9. The molecule has 0 aliphatic rings. The fourth-order valence-corrected chi connectivity index (χ4v) is 2.68. The summed E-state index contributed by atoms with van der Waals surface area (Å²) >= 11 is 1.40. The van der Waals surface area contributed by atoms with Gasteiger partial charge < -0.3 is 5.32 Å². The van der Waals surface area contributed by atoms with Crippen molar-refractivity contribution in [2.45, 2.75) is 6.92 Å². The van der Waals surface area contributed by atoms with Crippen LogP contribution >= 0.6 is 11.3 Å². The highest BCUT2D eigenvalue weighted by atomic mass is 32.1. The highest BCUT2D eigenvalue weighted by Gasteiger charge is 2.08. The molecule has 0 aliphatic carbocycles. The topological polar surface area (TPSA) is 54.0 Å². The van der Waals surface area contributed by atoms with Crippen molar-refractivity contribution < 1.29 is 4.79 Å². The van der Waals surface area contributed by atoms with E-state index in [-0.39, 0.29) is 6.03 Å². The smallest absolute Gasteiger partial charge is 0.308 e. The van der Waals surface area contributed by atoms with E-state index < -0.39 is 0 Å². The number of anilines is 2. The number of benzene rings is 2. The van der Waals surface area contributed by atoms with E-state index >= 15 is 0 Å². The molecule has 0 bridgehead atoms. The molecule has 0 radical (unpaired) electrons. The van der Waals surface area contributed by atoms with Crippen molar-refractivity contribution >= 4 is 28.2 Å². The van der Waals surface area contributed by atoms with E-state index in [1.807, 2.05) is 66.9 Å². The maximum absolute atomic E-state index is 11.9. The van der Waals surface area contributed by atoms with Gasteiger partial charge in [-0.3, -0.25) is 5.32 Å². The number of thiazole rings is 1. The molecular formula is C17H15N3OS. The number of carbonyl (C=O) groups excluding carboxylic acids is 1. The second kappa shape index (κ2) is 6.41. The van der Waals surface area contributed by atoms with Gasteiger partial charge in [0.1, 0.15) is 0 Å². The molecule has 0 unspecified atom stereocenters. The summed E-state index contributed by atoms with van der Waals surface area (Å²) in [5.74, 6) is 0. The number of para-hydroxylation sites is 1. The van der Waals surface area contributed by atoms with Crippen LogP contribution in [0.15, 0.2) is 60.0 Å². The summed E-state index contributed by atoms with van der Waals surface area (Å²) in [6, 6.07) is 17.2. The average molecular weight is 309 g/mol. The molecule has 0 spiro atoms. The third-order valence-electron chi connectivity index (χ3n) is 3.10. The molecule has 110 valence electrons. The van der Waals surface area contributed by atoms with Crippen LogP contribution in [0.25, 0.3) is 11.3 Å². The zero-order valence-corrected chi connectivity index (χ0v) is 12.9. The lowest BCUT2D eigenvalue weighted by Gasteiger charge is -2.04. The van der Waals surface area contributed by atoms with Gasteiger partial charge in [-0.25, -0.2) is 9.78 Å². The molecule has 22 heavy (non-hydrogen) atoms. The van der Waals surface area contributed by atoms with Gasteiger partial charge in [-0.1, -0.05) is 48.0 Å². The lowest BCUT2D eigenvalue weighted by Crippen LogP contribution is -2.19. The number of hydrogen-bond acceptors (Lipinski definition) is 3. The highest BCUT2D eigenvalue weighted by Crippen LogP contribution is 2.25. The number of rotatable bonds is 3. The number of hydrogen-bond donors (Lipinski definition) is 2. The molecule has 1 aromatic heterocycles. The Balaban J connectivity index is 1.66. The summed E-state index contributed by atoms with van der Waals surface area (Å²) in [7, 11) is 0. The number of aromatic nitrogens is 1. The number of carbonyl (C=O) groups is 1. The van der Waals surface area contributed by atoms with E-state index in [2.05, 4.69) is 15.6 Å². The van der Waals surface area contributed by atoms with Gasteiger partial charge in [0, 0.05) is 16.6 Å². The quantitative estimate of drug-likeness (QED) is 0.732. The van der Waals surface area contributed by atoms with Crippen LogP contribution in [0.2, 0.25) is 0 Å². The molecule has 4 nitrogen and oxygen atoms in total. The Morgan fingerprint density at radius 1 is 1.00 bits per heavy atom. The fraction of sp³-hybridized carbons (Fsp3) is 0.0588. The first kappa shape index (κ1) is 14.3. The van der Waals surface area contributed by atoms with Crippen molar-refractivity contribution in [3.63, 3.8) is 0 Å². The van der Waals surface area contributed by atoms with Crippen molar-refractivity contribution in [3.05, 3.63) is 65.5 Å². The molecule has 2 amide bonds. The summed E-state index contributed by atoms with van der Waals surface area (Å²) in [6.07, 6.45) is 0. The molecule has 0 saturated carbocycles. The maximum Gasteiger partial charge on any atom is 0.325 e. The molecule has 2 aromatic carbocycles. The lowest BCUT2D eigenvalue weighted by atomic mass is 10.1. The number of urea groups is 1. The molecule has 3 aromatic rings. The zero-order chi connectivity index (χ0) is 15.4. The van der Waals surface area contributed by atoms with E-state index in [1.165, 1.54) is 16.9 Å². The molecule has 0 atom stereocenters. The fourth-order valence-electron chi connectivity index (χ4n) is 1.97.